The van der Waals surface area contributed by atoms with Crippen molar-refractivity contribution < 1.29 is 17.2 Å². The molecule has 8 heteroatoms. The van der Waals surface area contributed by atoms with Crippen LogP contribution in [0.4, 0.5) is 14.5 Å². The number of nitrogens with zero attached hydrogens (tertiary/aromatic N) is 1. The molecular weight excluding hydrogens is 306 g/mol. The van der Waals surface area contributed by atoms with Crippen LogP contribution in [-0.2, 0) is 16.3 Å². The first-order valence-corrected chi connectivity index (χ1v) is 8.23. The second-order valence-electron chi connectivity index (χ2n) is 3.96. The van der Waals surface area contributed by atoms with E-state index in [0.29, 0.717) is 13.0 Å². The zero-order valence-electron chi connectivity index (χ0n) is 10.3. The third kappa shape index (κ3) is 3.31. The summed E-state index contributed by atoms with van der Waals surface area (Å²) in [5.41, 5.74) is 2.75. The Bertz CT molecular complexity index is 658. The number of rotatable bonds is 6. The highest BCUT2D eigenvalue weighted by molar-refractivity contribution is 7.91. The third-order valence-corrected chi connectivity index (χ3v) is 4.68. The van der Waals surface area contributed by atoms with Crippen molar-refractivity contribution in [3.05, 3.63) is 40.8 Å². The van der Waals surface area contributed by atoms with Crippen molar-refractivity contribution in [3.63, 3.8) is 0 Å². The molecule has 0 spiro atoms. The first kappa shape index (κ1) is 14.9. The molecule has 0 fully saturated rings. The van der Waals surface area contributed by atoms with E-state index in [9.17, 15) is 17.2 Å². The first-order chi connectivity index (χ1) is 9.51. The predicted octanol–water partition coefficient (Wildman–Crippen LogP) is 2.79. The lowest BCUT2D eigenvalue weighted by atomic mass is 10.3. The van der Waals surface area contributed by atoms with Crippen molar-refractivity contribution in [1.29, 1.82) is 0 Å². The smallest absolute Gasteiger partial charge is 0.341 e. The van der Waals surface area contributed by atoms with Crippen LogP contribution in [0.3, 0.4) is 0 Å². The summed E-state index contributed by atoms with van der Waals surface area (Å²) in [6.07, 6.45) is 0.590. The lowest BCUT2D eigenvalue weighted by Crippen LogP contribution is -2.15. The van der Waals surface area contributed by atoms with Gasteiger partial charge in [0.05, 0.1) is 21.8 Å². The summed E-state index contributed by atoms with van der Waals surface area (Å²) < 4.78 is 48.3. The number of hydrogen-bond acceptors (Lipinski definition) is 5. The molecule has 2 rings (SSSR count). The molecule has 108 valence electrons. The molecule has 1 N–H and O–H groups in total. The fourth-order valence-electron chi connectivity index (χ4n) is 1.64. The molecule has 0 atom stereocenters. The molecule has 0 aliphatic carbocycles. The molecule has 0 saturated heterocycles. The summed E-state index contributed by atoms with van der Waals surface area (Å²) in [6, 6.07) is 5.65. The predicted molar refractivity (Wildman–Crippen MR) is 73.9 cm³/mol. The summed E-state index contributed by atoms with van der Waals surface area (Å²) in [4.78, 5) is 3.71. The molecule has 1 heterocycles. The van der Waals surface area contributed by atoms with E-state index in [-0.39, 0.29) is 10.6 Å². The molecular formula is C12H12F2N2O2S2. The largest absolute Gasteiger partial charge is 0.384 e. The number of hydrogen-bond donors (Lipinski definition) is 1. The molecule has 0 saturated carbocycles. The summed E-state index contributed by atoms with van der Waals surface area (Å²) in [5.74, 6) is -3.43. The van der Waals surface area contributed by atoms with Crippen LogP contribution in [0.15, 0.2) is 40.1 Å². The van der Waals surface area contributed by atoms with Crippen molar-refractivity contribution in [3.8, 4) is 0 Å². The fraction of sp³-hybridized carbons (Fsp3) is 0.250. The molecule has 0 amide bonds. The van der Waals surface area contributed by atoms with Gasteiger partial charge in [0, 0.05) is 18.3 Å². The van der Waals surface area contributed by atoms with Crippen molar-refractivity contribution >= 4 is 26.9 Å². The van der Waals surface area contributed by atoms with Crippen LogP contribution in [0.5, 0.6) is 0 Å². The van der Waals surface area contributed by atoms with E-state index < -0.39 is 15.6 Å². The molecule has 1 aromatic carbocycles. The van der Waals surface area contributed by atoms with Gasteiger partial charge in [-0.2, -0.15) is 8.78 Å². The SMILES string of the molecule is O=S(=O)(c1ccccc1NCCc1cscn1)C(F)F. The monoisotopic (exact) mass is 318 g/mol. The van der Waals surface area contributed by atoms with E-state index in [4.69, 9.17) is 0 Å². The summed E-state index contributed by atoms with van der Waals surface area (Å²) in [6.45, 7) is 0.416. The van der Waals surface area contributed by atoms with Crippen LogP contribution in [0.25, 0.3) is 0 Å². The lowest BCUT2D eigenvalue weighted by molar-refractivity contribution is 0.235. The number of alkyl halides is 2. The van der Waals surface area contributed by atoms with Crippen LogP contribution in [0.1, 0.15) is 5.69 Å². The van der Waals surface area contributed by atoms with Crippen molar-refractivity contribution in [2.75, 3.05) is 11.9 Å². The van der Waals surface area contributed by atoms with Crippen LogP contribution in [0, 0.1) is 0 Å². The maximum Gasteiger partial charge on any atom is 0.341 e. The highest BCUT2D eigenvalue weighted by Crippen LogP contribution is 2.25. The number of para-hydroxylation sites is 1. The van der Waals surface area contributed by atoms with Gasteiger partial charge < -0.3 is 5.32 Å². The molecule has 0 radical (unpaired) electrons. The Morgan fingerprint density at radius 2 is 2.05 bits per heavy atom. The van der Waals surface area contributed by atoms with Crippen molar-refractivity contribution in [2.45, 2.75) is 17.1 Å². The van der Waals surface area contributed by atoms with Crippen molar-refractivity contribution in [2.24, 2.45) is 0 Å². The van der Waals surface area contributed by atoms with E-state index >= 15 is 0 Å². The zero-order valence-corrected chi connectivity index (χ0v) is 11.9. The van der Waals surface area contributed by atoms with Gasteiger partial charge in [-0.05, 0) is 12.1 Å². The second kappa shape index (κ2) is 6.27. The Hall–Kier alpha value is -1.54. The summed E-state index contributed by atoms with van der Waals surface area (Å²) in [7, 11) is -4.60. The molecule has 0 bridgehead atoms. The minimum absolute atomic E-state index is 0.183. The number of halogens is 2. The standard InChI is InChI=1S/C12H12F2N2O2S2/c13-12(14)20(17,18)11-4-2-1-3-10(11)15-6-5-9-7-19-8-16-9/h1-4,7-8,12,15H,5-6H2. The molecule has 1 aromatic heterocycles. The fourth-order valence-corrected chi connectivity index (χ4v) is 3.14. The second-order valence-corrected chi connectivity index (χ2v) is 6.56. The van der Waals surface area contributed by atoms with Gasteiger partial charge in [0.1, 0.15) is 0 Å². The Kier molecular flexibility index (Phi) is 4.66. The topological polar surface area (TPSA) is 59.1 Å². The van der Waals surface area contributed by atoms with Gasteiger partial charge in [-0.25, -0.2) is 13.4 Å². The van der Waals surface area contributed by atoms with Crippen LogP contribution in [0.2, 0.25) is 0 Å². The molecule has 0 aliphatic rings. The molecule has 4 nitrogen and oxygen atoms in total. The van der Waals surface area contributed by atoms with E-state index in [1.54, 1.807) is 11.6 Å². The van der Waals surface area contributed by atoms with E-state index in [0.717, 1.165) is 5.69 Å². The van der Waals surface area contributed by atoms with Crippen molar-refractivity contribution in [1.82, 2.24) is 4.98 Å². The maximum atomic E-state index is 12.6. The van der Waals surface area contributed by atoms with Crippen LogP contribution < -0.4 is 5.32 Å². The van der Waals surface area contributed by atoms with E-state index in [1.165, 1.54) is 29.5 Å². The van der Waals surface area contributed by atoms with Crippen LogP contribution in [-0.4, -0.2) is 25.7 Å². The normalized spacial score (nSPS) is 11.8. The minimum atomic E-state index is -4.60. The first-order valence-electron chi connectivity index (χ1n) is 5.74. The van der Waals surface area contributed by atoms with Gasteiger partial charge in [-0.3, -0.25) is 0 Å². The van der Waals surface area contributed by atoms with Gasteiger partial charge in [0.15, 0.2) is 0 Å². The summed E-state index contributed by atoms with van der Waals surface area (Å²) in [5, 5.41) is 4.74. The highest BCUT2D eigenvalue weighted by Gasteiger charge is 2.28. The number of thiazole rings is 1. The van der Waals surface area contributed by atoms with E-state index in [1.807, 2.05) is 5.38 Å². The molecule has 20 heavy (non-hydrogen) atoms. The van der Waals surface area contributed by atoms with Crippen LogP contribution >= 0.6 is 11.3 Å². The average molecular weight is 318 g/mol. The lowest BCUT2D eigenvalue weighted by Gasteiger charge is -2.11. The molecule has 0 unspecified atom stereocenters. The Balaban J connectivity index is 2.12. The van der Waals surface area contributed by atoms with Gasteiger partial charge in [0.25, 0.3) is 0 Å². The number of sulfone groups is 1. The Morgan fingerprint density at radius 3 is 2.70 bits per heavy atom. The number of aromatic nitrogens is 1. The third-order valence-electron chi connectivity index (χ3n) is 2.61. The summed E-state index contributed by atoms with van der Waals surface area (Å²) >= 11 is 1.46. The molecule has 0 aliphatic heterocycles. The Morgan fingerprint density at radius 1 is 1.30 bits per heavy atom. The Labute approximate surface area is 119 Å². The quantitative estimate of drug-likeness (QED) is 0.890. The van der Waals surface area contributed by atoms with Gasteiger partial charge >= 0.3 is 5.76 Å². The van der Waals surface area contributed by atoms with Gasteiger partial charge in [0.2, 0.25) is 9.84 Å². The number of benzene rings is 1. The van der Waals surface area contributed by atoms with E-state index in [2.05, 4.69) is 10.3 Å². The average Bonchev–Trinajstić information content (AvgIpc) is 2.92. The number of anilines is 1. The zero-order chi connectivity index (χ0) is 14.6. The van der Waals surface area contributed by atoms with Gasteiger partial charge in [-0.15, -0.1) is 11.3 Å². The highest BCUT2D eigenvalue weighted by atomic mass is 32.2. The minimum Gasteiger partial charge on any atom is -0.384 e. The van der Waals surface area contributed by atoms with Gasteiger partial charge in [-0.1, -0.05) is 12.1 Å². The number of nitrogens with one attached hydrogen (secondary N) is 1. The molecule has 2 aromatic rings. The maximum absolute atomic E-state index is 12.6.